The number of nitrogens with zero attached hydrogens (tertiary/aromatic N) is 2. The summed E-state index contributed by atoms with van der Waals surface area (Å²) in [7, 11) is 0. The summed E-state index contributed by atoms with van der Waals surface area (Å²) >= 11 is 0. The average Bonchev–Trinajstić information content (AvgIpc) is 2.35. The molecule has 0 atom stereocenters. The van der Waals surface area contributed by atoms with Crippen LogP contribution in [0, 0.1) is 0 Å². The van der Waals surface area contributed by atoms with E-state index in [0.29, 0.717) is 12.5 Å². The maximum Gasteiger partial charge on any atom is 0.218 e. The second-order valence-corrected chi connectivity index (χ2v) is 3.93. The summed E-state index contributed by atoms with van der Waals surface area (Å²) in [5.41, 5.74) is 0. The van der Waals surface area contributed by atoms with Gasteiger partial charge in [-0.25, -0.2) is 4.98 Å². The Labute approximate surface area is 104 Å². The fourth-order valence-corrected chi connectivity index (χ4v) is 1.53. The highest BCUT2D eigenvalue weighted by Gasteiger charge is 2.03. The molecule has 0 amide bonds. The molecule has 1 aromatic heterocycles. The van der Waals surface area contributed by atoms with Crippen LogP contribution < -0.4 is 10.1 Å². The lowest BCUT2D eigenvalue weighted by molar-refractivity contribution is 0.325. The van der Waals surface area contributed by atoms with E-state index >= 15 is 0 Å². The predicted molar refractivity (Wildman–Crippen MR) is 70.6 cm³/mol. The minimum Gasteiger partial charge on any atom is -0.478 e. The summed E-state index contributed by atoms with van der Waals surface area (Å²) < 4.78 is 5.43. The second-order valence-electron chi connectivity index (χ2n) is 3.93. The molecule has 4 nitrogen and oxygen atoms in total. The van der Waals surface area contributed by atoms with Crippen molar-refractivity contribution < 1.29 is 4.74 Å². The predicted octanol–water partition coefficient (Wildman–Crippen LogP) is 3.04. The van der Waals surface area contributed by atoms with Crippen molar-refractivity contribution in [2.45, 2.75) is 46.5 Å². The summed E-state index contributed by atoms with van der Waals surface area (Å²) in [6.07, 6.45) is 4.48. The van der Waals surface area contributed by atoms with Gasteiger partial charge in [-0.15, -0.1) is 0 Å². The van der Waals surface area contributed by atoms with Gasteiger partial charge in [0.25, 0.3) is 0 Å². The van der Waals surface area contributed by atoms with E-state index in [4.69, 9.17) is 4.74 Å². The van der Waals surface area contributed by atoms with Gasteiger partial charge >= 0.3 is 0 Å². The largest absolute Gasteiger partial charge is 0.478 e. The van der Waals surface area contributed by atoms with Gasteiger partial charge in [0.05, 0.1) is 6.61 Å². The number of aromatic nitrogens is 2. The number of hydrogen-bond acceptors (Lipinski definition) is 4. The molecular weight excluding hydrogens is 214 g/mol. The fraction of sp³-hybridized carbons (Fsp3) is 0.692. The van der Waals surface area contributed by atoms with Gasteiger partial charge in [0.2, 0.25) is 5.88 Å². The Kier molecular flexibility index (Phi) is 6.37. The molecule has 1 rings (SSSR count). The molecule has 0 saturated carbocycles. The van der Waals surface area contributed by atoms with Crippen molar-refractivity contribution >= 4 is 5.82 Å². The number of hydrogen-bond donors (Lipinski definition) is 1. The molecule has 0 fully saturated rings. The molecule has 4 heteroatoms. The Morgan fingerprint density at radius 1 is 1.18 bits per heavy atom. The lowest BCUT2D eigenvalue weighted by Crippen LogP contribution is -2.07. The molecule has 0 aliphatic rings. The Morgan fingerprint density at radius 3 is 2.65 bits per heavy atom. The van der Waals surface area contributed by atoms with Gasteiger partial charge in [-0.2, -0.15) is 4.98 Å². The van der Waals surface area contributed by atoms with E-state index in [0.717, 1.165) is 24.6 Å². The van der Waals surface area contributed by atoms with E-state index in [1.807, 2.05) is 19.9 Å². The molecule has 0 spiro atoms. The highest BCUT2D eigenvalue weighted by atomic mass is 16.5. The molecule has 0 aromatic carbocycles. The molecule has 0 unspecified atom stereocenters. The third kappa shape index (κ3) is 5.02. The maximum absolute atomic E-state index is 5.43. The highest BCUT2D eigenvalue weighted by Crippen LogP contribution is 2.14. The van der Waals surface area contributed by atoms with Crippen molar-refractivity contribution in [1.82, 2.24) is 9.97 Å². The minimum atomic E-state index is 0.634. The molecule has 0 aliphatic carbocycles. The lowest BCUT2D eigenvalue weighted by Gasteiger charge is -2.09. The Morgan fingerprint density at radius 2 is 2.00 bits per heavy atom. The van der Waals surface area contributed by atoms with Crippen molar-refractivity contribution in [2.24, 2.45) is 0 Å². The van der Waals surface area contributed by atoms with Crippen LogP contribution in [0.2, 0.25) is 0 Å². The Bertz CT molecular complexity index is 328. The smallest absolute Gasteiger partial charge is 0.218 e. The van der Waals surface area contributed by atoms with E-state index in [1.165, 1.54) is 19.3 Å². The van der Waals surface area contributed by atoms with Crippen LogP contribution >= 0.6 is 0 Å². The molecule has 1 heterocycles. The summed E-state index contributed by atoms with van der Waals surface area (Å²) in [6.45, 7) is 7.80. The van der Waals surface area contributed by atoms with Gasteiger partial charge in [-0.05, 0) is 13.3 Å². The first-order valence-electron chi connectivity index (χ1n) is 6.54. The van der Waals surface area contributed by atoms with Gasteiger partial charge in [-0.1, -0.05) is 26.7 Å². The van der Waals surface area contributed by atoms with Crippen LogP contribution in [0.4, 0.5) is 5.82 Å². The third-order valence-corrected chi connectivity index (χ3v) is 2.44. The van der Waals surface area contributed by atoms with Crippen molar-refractivity contribution in [2.75, 3.05) is 18.5 Å². The summed E-state index contributed by atoms with van der Waals surface area (Å²) in [5.74, 6) is 2.36. The van der Waals surface area contributed by atoms with Crippen LogP contribution in [0.5, 0.6) is 5.88 Å². The Hall–Kier alpha value is -1.32. The summed E-state index contributed by atoms with van der Waals surface area (Å²) in [4.78, 5) is 8.74. The van der Waals surface area contributed by atoms with E-state index in [9.17, 15) is 0 Å². The van der Waals surface area contributed by atoms with Crippen LogP contribution in [0.3, 0.4) is 0 Å². The van der Waals surface area contributed by atoms with E-state index in [1.54, 1.807) is 0 Å². The molecule has 0 bridgehead atoms. The van der Waals surface area contributed by atoms with Gasteiger partial charge < -0.3 is 10.1 Å². The minimum absolute atomic E-state index is 0.634. The van der Waals surface area contributed by atoms with Gasteiger partial charge in [0.15, 0.2) is 0 Å². The topological polar surface area (TPSA) is 47.0 Å². The van der Waals surface area contributed by atoms with Crippen LogP contribution in [-0.2, 0) is 6.42 Å². The monoisotopic (exact) mass is 237 g/mol. The normalized spacial score (nSPS) is 10.3. The van der Waals surface area contributed by atoms with E-state index in [-0.39, 0.29) is 0 Å². The van der Waals surface area contributed by atoms with E-state index in [2.05, 4.69) is 22.2 Å². The molecule has 1 N–H and O–H groups in total. The highest BCUT2D eigenvalue weighted by molar-refractivity contribution is 5.38. The number of unbranched alkanes of at least 4 members (excludes halogenated alkanes) is 2. The van der Waals surface area contributed by atoms with E-state index < -0.39 is 0 Å². The first-order chi connectivity index (χ1) is 8.30. The molecule has 0 radical (unpaired) electrons. The molecular formula is C13H23N3O. The second kappa shape index (κ2) is 7.87. The standard InChI is InChI=1S/C13H23N3O/c1-4-7-8-9-14-12-10-13(17-6-3)16-11(5-2)15-12/h10H,4-9H2,1-3H3,(H,14,15,16). The van der Waals surface area contributed by atoms with Gasteiger partial charge in [0.1, 0.15) is 11.6 Å². The van der Waals surface area contributed by atoms with Gasteiger partial charge in [-0.3, -0.25) is 0 Å². The average molecular weight is 237 g/mol. The van der Waals surface area contributed by atoms with Crippen LogP contribution in [-0.4, -0.2) is 23.1 Å². The zero-order chi connectivity index (χ0) is 12.5. The van der Waals surface area contributed by atoms with Crippen molar-refractivity contribution in [1.29, 1.82) is 0 Å². The lowest BCUT2D eigenvalue weighted by atomic mass is 10.2. The SMILES string of the molecule is CCCCCNc1cc(OCC)nc(CC)n1. The molecule has 96 valence electrons. The molecule has 17 heavy (non-hydrogen) atoms. The number of nitrogens with one attached hydrogen (secondary N) is 1. The maximum atomic E-state index is 5.43. The first-order valence-corrected chi connectivity index (χ1v) is 6.54. The Balaban J connectivity index is 2.59. The fourth-order valence-electron chi connectivity index (χ4n) is 1.53. The molecule has 0 aliphatic heterocycles. The van der Waals surface area contributed by atoms with Gasteiger partial charge in [0, 0.05) is 19.0 Å². The molecule has 1 aromatic rings. The van der Waals surface area contributed by atoms with Crippen LogP contribution in [0.25, 0.3) is 0 Å². The zero-order valence-corrected chi connectivity index (χ0v) is 11.1. The zero-order valence-electron chi connectivity index (χ0n) is 11.1. The van der Waals surface area contributed by atoms with Crippen LogP contribution in [0.15, 0.2) is 6.07 Å². The molecule has 0 saturated heterocycles. The number of ether oxygens (including phenoxy) is 1. The summed E-state index contributed by atoms with van der Waals surface area (Å²) in [5, 5.41) is 3.32. The number of rotatable bonds is 8. The van der Waals surface area contributed by atoms with Crippen molar-refractivity contribution in [3.05, 3.63) is 11.9 Å². The third-order valence-electron chi connectivity index (χ3n) is 2.44. The first kappa shape index (κ1) is 13.7. The van der Waals surface area contributed by atoms with Crippen molar-refractivity contribution in [3.63, 3.8) is 0 Å². The van der Waals surface area contributed by atoms with Crippen molar-refractivity contribution in [3.8, 4) is 5.88 Å². The number of anilines is 1. The number of aryl methyl sites for hydroxylation is 1. The quantitative estimate of drug-likeness (QED) is 0.706. The van der Waals surface area contributed by atoms with Crippen LogP contribution in [0.1, 0.15) is 45.9 Å². The summed E-state index contributed by atoms with van der Waals surface area (Å²) in [6, 6.07) is 1.87.